The van der Waals surface area contributed by atoms with Crippen molar-refractivity contribution in [2.45, 2.75) is 11.3 Å². The van der Waals surface area contributed by atoms with Gasteiger partial charge in [0.05, 0.1) is 17.6 Å². The summed E-state index contributed by atoms with van der Waals surface area (Å²) >= 11 is 0. The second kappa shape index (κ2) is 8.82. The van der Waals surface area contributed by atoms with Crippen LogP contribution >= 0.6 is 0 Å². The number of carbonyl (C=O) groups is 1. The molecule has 0 amide bonds. The smallest absolute Gasteiger partial charge is 0.337 e. The van der Waals surface area contributed by atoms with Gasteiger partial charge >= 0.3 is 5.97 Å². The summed E-state index contributed by atoms with van der Waals surface area (Å²) in [6, 6.07) is 23.5. The van der Waals surface area contributed by atoms with Gasteiger partial charge in [-0.3, -0.25) is 0 Å². The van der Waals surface area contributed by atoms with Crippen LogP contribution in [0.25, 0.3) is 11.1 Å². The lowest BCUT2D eigenvalue weighted by Crippen LogP contribution is -2.26. The fourth-order valence-corrected chi connectivity index (χ4v) is 3.83. The maximum Gasteiger partial charge on any atom is 0.337 e. The highest BCUT2D eigenvalue weighted by Gasteiger charge is 2.13. The highest BCUT2D eigenvalue weighted by Crippen LogP contribution is 2.21. The van der Waals surface area contributed by atoms with Crippen LogP contribution in [0.15, 0.2) is 83.8 Å². The van der Waals surface area contributed by atoms with Gasteiger partial charge in [0.2, 0.25) is 10.0 Å². The Kier molecular flexibility index (Phi) is 6.23. The van der Waals surface area contributed by atoms with Gasteiger partial charge in [-0.05, 0) is 47.4 Å². The summed E-state index contributed by atoms with van der Waals surface area (Å²) in [5, 5.41) is 0. The number of rotatable bonds is 7. The SMILES string of the molecule is COC(=O)c1ccc(CCNS(=O)(=O)c2ccc(-c3ccccc3)cc2)cc1. The van der Waals surface area contributed by atoms with E-state index in [1.807, 2.05) is 30.3 Å². The van der Waals surface area contributed by atoms with Crippen LogP contribution in [0.2, 0.25) is 0 Å². The van der Waals surface area contributed by atoms with Crippen molar-refractivity contribution in [1.82, 2.24) is 4.72 Å². The van der Waals surface area contributed by atoms with Crippen molar-refractivity contribution in [3.63, 3.8) is 0 Å². The van der Waals surface area contributed by atoms with E-state index in [0.29, 0.717) is 12.0 Å². The molecule has 5 nitrogen and oxygen atoms in total. The van der Waals surface area contributed by atoms with Crippen molar-refractivity contribution >= 4 is 16.0 Å². The summed E-state index contributed by atoms with van der Waals surface area (Å²) in [5.74, 6) is -0.397. The van der Waals surface area contributed by atoms with Gasteiger partial charge in [0.25, 0.3) is 0 Å². The Hall–Kier alpha value is -2.96. The van der Waals surface area contributed by atoms with Crippen LogP contribution in [0.1, 0.15) is 15.9 Å². The summed E-state index contributed by atoms with van der Waals surface area (Å²) in [7, 11) is -2.25. The van der Waals surface area contributed by atoms with E-state index in [-0.39, 0.29) is 11.4 Å². The second-order valence-electron chi connectivity index (χ2n) is 6.23. The van der Waals surface area contributed by atoms with Gasteiger partial charge in [-0.25, -0.2) is 17.9 Å². The molecule has 0 aliphatic heterocycles. The zero-order chi connectivity index (χ0) is 20.0. The highest BCUT2D eigenvalue weighted by atomic mass is 32.2. The maximum atomic E-state index is 12.5. The molecule has 0 unspecified atom stereocenters. The predicted molar refractivity (Wildman–Crippen MR) is 109 cm³/mol. The average Bonchev–Trinajstić information content (AvgIpc) is 2.74. The zero-order valence-corrected chi connectivity index (χ0v) is 16.3. The number of methoxy groups -OCH3 is 1. The molecular weight excluding hydrogens is 374 g/mol. The largest absolute Gasteiger partial charge is 0.465 e. The standard InChI is InChI=1S/C22H21NO4S/c1-27-22(24)20-9-7-17(8-10-20)15-16-23-28(25,26)21-13-11-19(12-14-21)18-5-3-2-4-6-18/h2-14,23H,15-16H2,1H3. The Morgan fingerprint density at radius 3 is 2.07 bits per heavy atom. The molecule has 0 saturated carbocycles. The molecule has 0 bridgehead atoms. The minimum Gasteiger partial charge on any atom is -0.465 e. The Morgan fingerprint density at radius 2 is 1.46 bits per heavy atom. The lowest BCUT2D eigenvalue weighted by atomic mass is 10.1. The van der Waals surface area contributed by atoms with Gasteiger partial charge < -0.3 is 4.74 Å². The van der Waals surface area contributed by atoms with E-state index in [1.54, 1.807) is 48.5 Å². The van der Waals surface area contributed by atoms with Crippen LogP contribution in [-0.4, -0.2) is 28.0 Å². The summed E-state index contributed by atoms with van der Waals surface area (Å²) in [5.41, 5.74) is 3.39. The van der Waals surface area contributed by atoms with Gasteiger partial charge in [0.1, 0.15) is 0 Å². The van der Waals surface area contributed by atoms with Crippen molar-refractivity contribution in [2.75, 3.05) is 13.7 Å². The van der Waals surface area contributed by atoms with E-state index in [4.69, 9.17) is 0 Å². The quantitative estimate of drug-likeness (QED) is 0.620. The second-order valence-corrected chi connectivity index (χ2v) is 7.99. The molecule has 0 fully saturated rings. The Labute approximate surface area is 165 Å². The van der Waals surface area contributed by atoms with Gasteiger partial charge in [0, 0.05) is 6.54 Å². The first-order chi connectivity index (χ1) is 13.5. The molecule has 3 rings (SSSR count). The van der Waals surface area contributed by atoms with Crippen LogP contribution in [0.4, 0.5) is 0 Å². The third-order valence-electron chi connectivity index (χ3n) is 4.35. The number of sulfonamides is 1. The first-order valence-electron chi connectivity index (χ1n) is 8.82. The van der Waals surface area contributed by atoms with Crippen molar-refractivity contribution < 1.29 is 17.9 Å². The van der Waals surface area contributed by atoms with E-state index in [0.717, 1.165) is 16.7 Å². The van der Waals surface area contributed by atoms with Gasteiger partial charge in [-0.1, -0.05) is 54.6 Å². The summed E-state index contributed by atoms with van der Waals surface area (Å²) < 4.78 is 32.2. The van der Waals surface area contributed by atoms with E-state index < -0.39 is 16.0 Å². The fraction of sp³-hybridized carbons (Fsp3) is 0.136. The van der Waals surface area contributed by atoms with Gasteiger partial charge in [0.15, 0.2) is 0 Å². The van der Waals surface area contributed by atoms with E-state index in [2.05, 4.69) is 9.46 Å². The molecule has 0 spiro atoms. The topological polar surface area (TPSA) is 72.5 Å². The molecule has 0 aromatic heterocycles. The molecule has 0 heterocycles. The van der Waals surface area contributed by atoms with Crippen molar-refractivity contribution in [3.05, 3.63) is 90.0 Å². The van der Waals surface area contributed by atoms with Gasteiger partial charge in [-0.2, -0.15) is 0 Å². The molecule has 0 atom stereocenters. The zero-order valence-electron chi connectivity index (χ0n) is 15.5. The number of nitrogens with one attached hydrogen (secondary N) is 1. The highest BCUT2D eigenvalue weighted by molar-refractivity contribution is 7.89. The minimum absolute atomic E-state index is 0.230. The first-order valence-corrected chi connectivity index (χ1v) is 10.3. The van der Waals surface area contributed by atoms with Gasteiger partial charge in [-0.15, -0.1) is 0 Å². The van der Waals surface area contributed by atoms with Crippen molar-refractivity contribution in [2.24, 2.45) is 0 Å². The number of hydrogen-bond acceptors (Lipinski definition) is 4. The van der Waals surface area contributed by atoms with Crippen LogP contribution in [-0.2, 0) is 21.2 Å². The van der Waals surface area contributed by atoms with Crippen LogP contribution in [0.3, 0.4) is 0 Å². The Balaban J connectivity index is 1.60. The molecule has 0 aliphatic carbocycles. The fourth-order valence-electron chi connectivity index (χ4n) is 2.80. The summed E-state index contributed by atoms with van der Waals surface area (Å²) in [6.07, 6.45) is 0.517. The maximum absolute atomic E-state index is 12.5. The molecule has 0 radical (unpaired) electrons. The van der Waals surface area contributed by atoms with Crippen LogP contribution < -0.4 is 4.72 Å². The van der Waals surface area contributed by atoms with Crippen molar-refractivity contribution in [3.8, 4) is 11.1 Å². The Bertz CT molecular complexity index is 1030. The van der Waals surface area contributed by atoms with E-state index >= 15 is 0 Å². The molecule has 1 N–H and O–H groups in total. The number of esters is 1. The summed E-state index contributed by atoms with van der Waals surface area (Å²) in [6.45, 7) is 0.264. The first kappa shape index (κ1) is 19.8. The Morgan fingerprint density at radius 1 is 0.857 bits per heavy atom. The third-order valence-corrected chi connectivity index (χ3v) is 5.83. The third kappa shape index (κ3) is 4.85. The number of benzene rings is 3. The number of ether oxygens (including phenoxy) is 1. The number of hydrogen-bond donors (Lipinski definition) is 1. The van der Waals surface area contributed by atoms with Crippen LogP contribution in [0.5, 0.6) is 0 Å². The van der Waals surface area contributed by atoms with E-state index in [9.17, 15) is 13.2 Å². The molecular formula is C22H21NO4S. The average molecular weight is 395 g/mol. The summed E-state index contributed by atoms with van der Waals surface area (Å²) in [4.78, 5) is 11.7. The molecule has 3 aromatic rings. The molecule has 6 heteroatoms. The minimum atomic E-state index is -3.58. The monoisotopic (exact) mass is 395 g/mol. The predicted octanol–water partition coefficient (Wildman–Crippen LogP) is 3.66. The lowest BCUT2D eigenvalue weighted by molar-refractivity contribution is 0.0600. The van der Waals surface area contributed by atoms with Crippen molar-refractivity contribution in [1.29, 1.82) is 0 Å². The van der Waals surface area contributed by atoms with Crippen LogP contribution in [0, 0.1) is 0 Å². The molecule has 3 aromatic carbocycles. The molecule has 144 valence electrons. The lowest BCUT2D eigenvalue weighted by Gasteiger charge is -2.08. The molecule has 0 saturated heterocycles. The number of carbonyl (C=O) groups excluding carboxylic acids is 1. The molecule has 28 heavy (non-hydrogen) atoms. The normalized spacial score (nSPS) is 11.2. The van der Waals surface area contributed by atoms with E-state index in [1.165, 1.54) is 7.11 Å². The molecule has 0 aliphatic rings.